The van der Waals surface area contributed by atoms with Gasteiger partial charge in [0, 0.05) is 12.6 Å². The zero-order chi connectivity index (χ0) is 18.1. The van der Waals surface area contributed by atoms with E-state index in [1.807, 2.05) is 16.8 Å². The van der Waals surface area contributed by atoms with Gasteiger partial charge in [-0.3, -0.25) is 4.79 Å². The Bertz CT molecular complexity index is 702. The molecule has 0 saturated heterocycles. The predicted molar refractivity (Wildman–Crippen MR) is 94.3 cm³/mol. The van der Waals surface area contributed by atoms with Gasteiger partial charge in [-0.25, -0.2) is 0 Å². The molecule has 0 aliphatic carbocycles. The summed E-state index contributed by atoms with van der Waals surface area (Å²) in [5.41, 5.74) is 1.84. The van der Waals surface area contributed by atoms with Crippen LogP contribution in [-0.4, -0.2) is 25.7 Å². The molecule has 0 radical (unpaired) electrons. The Morgan fingerprint density at radius 2 is 2.16 bits per heavy atom. The van der Waals surface area contributed by atoms with Gasteiger partial charge in [0.25, 0.3) is 0 Å². The highest BCUT2D eigenvalue weighted by Crippen LogP contribution is 2.30. The van der Waals surface area contributed by atoms with Crippen LogP contribution in [0, 0.1) is 0 Å². The van der Waals surface area contributed by atoms with Gasteiger partial charge in [-0.2, -0.15) is 20.1 Å². The minimum absolute atomic E-state index is 0.0331. The summed E-state index contributed by atoms with van der Waals surface area (Å²) in [7, 11) is 0. The molecule has 1 heterocycles. The van der Waals surface area contributed by atoms with E-state index >= 15 is 0 Å². The number of ether oxygens (including phenoxy) is 2. The molecule has 4 nitrogen and oxygen atoms in total. The van der Waals surface area contributed by atoms with Gasteiger partial charge in [0.15, 0.2) is 11.5 Å². The molecule has 0 fully saturated rings. The molecule has 0 saturated carbocycles. The second-order valence-electron chi connectivity index (χ2n) is 5.02. The SMILES string of the molecule is CCOc1cc(/C=C/C(=O)NCCc2ccsc2)ccc1OC(F)F. The summed E-state index contributed by atoms with van der Waals surface area (Å²) >= 11 is 1.62. The summed E-state index contributed by atoms with van der Waals surface area (Å²) in [6.45, 7) is -0.314. The Balaban J connectivity index is 1.92. The number of benzene rings is 1. The number of halogens is 2. The van der Waals surface area contributed by atoms with Crippen molar-refractivity contribution in [1.82, 2.24) is 5.32 Å². The summed E-state index contributed by atoms with van der Waals surface area (Å²) in [6.07, 6.45) is 3.76. The van der Waals surface area contributed by atoms with E-state index in [-0.39, 0.29) is 17.4 Å². The van der Waals surface area contributed by atoms with Gasteiger partial charge in [0.2, 0.25) is 5.91 Å². The van der Waals surface area contributed by atoms with Gasteiger partial charge in [0.1, 0.15) is 0 Å². The van der Waals surface area contributed by atoms with Crippen LogP contribution < -0.4 is 14.8 Å². The largest absolute Gasteiger partial charge is 0.490 e. The molecule has 1 N–H and O–H groups in total. The average molecular weight is 367 g/mol. The molecule has 1 amide bonds. The first-order chi connectivity index (χ1) is 12.1. The van der Waals surface area contributed by atoms with Gasteiger partial charge < -0.3 is 14.8 Å². The Kier molecular flexibility index (Phi) is 7.40. The van der Waals surface area contributed by atoms with Crippen LogP contribution in [0.2, 0.25) is 0 Å². The molecule has 2 aromatic rings. The number of carbonyl (C=O) groups is 1. The lowest BCUT2D eigenvalue weighted by Crippen LogP contribution is -2.23. The molecule has 0 unspecified atom stereocenters. The molecule has 0 atom stereocenters. The lowest BCUT2D eigenvalue weighted by Gasteiger charge is -2.11. The van der Waals surface area contributed by atoms with Crippen molar-refractivity contribution in [3.63, 3.8) is 0 Å². The summed E-state index contributed by atoms with van der Waals surface area (Å²) < 4.78 is 34.4. The maximum atomic E-state index is 12.4. The van der Waals surface area contributed by atoms with E-state index in [1.54, 1.807) is 36.5 Å². The van der Waals surface area contributed by atoms with E-state index < -0.39 is 6.61 Å². The zero-order valence-electron chi connectivity index (χ0n) is 13.7. The fourth-order valence-electron chi connectivity index (χ4n) is 2.09. The van der Waals surface area contributed by atoms with Crippen LogP contribution >= 0.6 is 11.3 Å². The van der Waals surface area contributed by atoms with Crippen molar-refractivity contribution in [2.24, 2.45) is 0 Å². The van der Waals surface area contributed by atoms with Crippen molar-refractivity contribution in [2.75, 3.05) is 13.2 Å². The molecule has 0 aliphatic rings. The Hall–Kier alpha value is -2.41. The molecular weight excluding hydrogens is 348 g/mol. The molecule has 134 valence electrons. The molecule has 1 aromatic heterocycles. The molecule has 0 aliphatic heterocycles. The zero-order valence-corrected chi connectivity index (χ0v) is 14.5. The number of carbonyl (C=O) groups excluding carboxylic acids is 1. The van der Waals surface area contributed by atoms with Gasteiger partial charge in [-0.15, -0.1) is 0 Å². The van der Waals surface area contributed by atoms with E-state index in [2.05, 4.69) is 10.1 Å². The van der Waals surface area contributed by atoms with Crippen molar-refractivity contribution in [3.05, 3.63) is 52.2 Å². The third-order valence-electron chi connectivity index (χ3n) is 3.20. The first kappa shape index (κ1) is 18.9. The number of thiophene rings is 1. The maximum absolute atomic E-state index is 12.4. The number of amides is 1. The van der Waals surface area contributed by atoms with Gasteiger partial charge in [-0.1, -0.05) is 6.07 Å². The molecule has 0 spiro atoms. The third kappa shape index (κ3) is 6.54. The Morgan fingerprint density at radius 3 is 2.84 bits per heavy atom. The highest BCUT2D eigenvalue weighted by molar-refractivity contribution is 7.07. The molecule has 25 heavy (non-hydrogen) atoms. The summed E-state index contributed by atoms with van der Waals surface area (Å²) in [6, 6.07) is 6.54. The van der Waals surface area contributed by atoms with Crippen LogP contribution in [0.1, 0.15) is 18.1 Å². The van der Waals surface area contributed by atoms with Gasteiger partial charge in [-0.05, 0) is 59.5 Å². The number of rotatable bonds is 9. The number of hydrogen-bond acceptors (Lipinski definition) is 4. The minimum Gasteiger partial charge on any atom is -0.490 e. The second-order valence-corrected chi connectivity index (χ2v) is 5.80. The van der Waals surface area contributed by atoms with Crippen LogP contribution in [0.3, 0.4) is 0 Å². The first-order valence-corrected chi connectivity index (χ1v) is 8.71. The van der Waals surface area contributed by atoms with E-state index in [0.29, 0.717) is 18.7 Å². The standard InChI is InChI=1S/C18H19F2NO3S/c1-2-23-16-11-13(3-5-15(16)24-18(19)20)4-6-17(22)21-9-7-14-8-10-25-12-14/h3-6,8,10-12,18H,2,7,9H2,1H3,(H,21,22)/b6-4+. The summed E-state index contributed by atoms with van der Waals surface area (Å²) in [4.78, 5) is 11.8. The quantitative estimate of drug-likeness (QED) is 0.678. The molecule has 1 aromatic carbocycles. The maximum Gasteiger partial charge on any atom is 0.387 e. The van der Waals surface area contributed by atoms with Gasteiger partial charge >= 0.3 is 6.61 Å². The second kappa shape index (κ2) is 9.78. The fraction of sp³-hybridized carbons (Fsp3) is 0.278. The van der Waals surface area contributed by atoms with Crippen molar-refractivity contribution >= 4 is 23.3 Å². The Labute approximate surface area is 149 Å². The number of hydrogen-bond donors (Lipinski definition) is 1. The predicted octanol–water partition coefficient (Wildman–Crippen LogP) is 4.12. The van der Waals surface area contributed by atoms with Crippen LogP contribution in [0.25, 0.3) is 6.08 Å². The average Bonchev–Trinajstić information content (AvgIpc) is 3.08. The Morgan fingerprint density at radius 1 is 1.32 bits per heavy atom. The van der Waals surface area contributed by atoms with E-state index in [4.69, 9.17) is 4.74 Å². The highest BCUT2D eigenvalue weighted by Gasteiger charge is 2.11. The van der Waals surface area contributed by atoms with E-state index in [9.17, 15) is 13.6 Å². The number of alkyl halides is 2. The van der Waals surface area contributed by atoms with Crippen molar-refractivity contribution in [1.29, 1.82) is 0 Å². The summed E-state index contributed by atoms with van der Waals surface area (Å²) in [5.74, 6) is -0.0434. The first-order valence-electron chi connectivity index (χ1n) is 7.77. The smallest absolute Gasteiger partial charge is 0.387 e. The summed E-state index contributed by atoms with van der Waals surface area (Å²) in [5, 5.41) is 6.83. The highest BCUT2D eigenvalue weighted by atomic mass is 32.1. The normalized spacial score (nSPS) is 11.0. The minimum atomic E-state index is -2.92. The monoisotopic (exact) mass is 367 g/mol. The van der Waals surface area contributed by atoms with Crippen molar-refractivity contribution in [2.45, 2.75) is 20.0 Å². The fourth-order valence-corrected chi connectivity index (χ4v) is 2.79. The molecular formula is C18H19F2NO3S. The molecule has 7 heteroatoms. The van der Waals surface area contributed by atoms with Crippen LogP contribution in [0.15, 0.2) is 41.1 Å². The van der Waals surface area contributed by atoms with E-state index in [0.717, 1.165) is 6.42 Å². The van der Waals surface area contributed by atoms with E-state index in [1.165, 1.54) is 17.7 Å². The van der Waals surface area contributed by atoms with Crippen LogP contribution in [0.5, 0.6) is 11.5 Å². The van der Waals surface area contributed by atoms with Crippen LogP contribution in [0.4, 0.5) is 8.78 Å². The van der Waals surface area contributed by atoms with Crippen molar-refractivity contribution in [3.8, 4) is 11.5 Å². The van der Waals surface area contributed by atoms with Crippen molar-refractivity contribution < 1.29 is 23.0 Å². The molecule has 0 bridgehead atoms. The molecule has 2 rings (SSSR count). The van der Waals surface area contributed by atoms with Crippen LogP contribution in [-0.2, 0) is 11.2 Å². The lowest BCUT2D eigenvalue weighted by atomic mass is 10.2. The lowest BCUT2D eigenvalue weighted by molar-refractivity contribution is -0.116. The third-order valence-corrected chi connectivity index (χ3v) is 3.94. The van der Waals surface area contributed by atoms with Gasteiger partial charge in [0.05, 0.1) is 6.61 Å². The topological polar surface area (TPSA) is 47.6 Å². The number of nitrogens with one attached hydrogen (secondary N) is 1.